The first-order valence-electron chi connectivity index (χ1n) is 2.88. The summed E-state index contributed by atoms with van der Waals surface area (Å²) < 4.78 is 4.75. The van der Waals surface area contributed by atoms with Crippen LogP contribution in [-0.2, 0) is 9.53 Å². The molecule has 0 aromatic heterocycles. The molecule has 0 atom stereocenters. The summed E-state index contributed by atoms with van der Waals surface area (Å²) in [6.45, 7) is 5.13. The van der Waals surface area contributed by atoms with Crippen LogP contribution in [0.5, 0.6) is 0 Å². The van der Waals surface area contributed by atoms with Gasteiger partial charge in [0.25, 0.3) is 0 Å². The molecule has 0 unspecified atom stereocenters. The van der Waals surface area contributed by atoms with Gasteiger partial charge in [-0.25, -0.2) is 0 Å². The Morgan fingerprint density at radius 1 is 1.56 bits per heavy atom. The van der Waals surface area contributed by atoms with Crippen molar-refractivity contribution in [3.8, 4) is 0 Å². The molecule has 0 bridgehead atoms. The summed E-state index contributed by atoms with van der Waals surface area (Å²) in [6.07, 6.45) is 1.18. The molecule has 0 rings (SSSR count). The Morgan fingerprint density at radius 3 is 2.44 bits per heavy atom. The average molecular weight is 128 g/mol. The zero-order valence-corrected chi connectivity index (χ0v) is 5.94. The van der Waals surface area contributed by atoms with Gasteiger partial charge in [-0.05, 0) is 6.92 Å². The van der Waals surface area contributed by atoms with E-state index in [1.807, 2.05) is 0 Å². The smallest absolute Gasteiger partial charge is 0.130 e. The summed E-state index contributed by atoms with van der Waals surface area (Å²) in [5.41, 5.74) is 0. The molecule has 0 saturated heterocycles. The van der Waals surface area contributed by atoms with Gasteiger partial charge in [0.2, 0.25) is 0 Å². The maximum atomic E-state index is 10.4. The minimum atomic E-state index is 0.174. The zero-order valence-electron chi connectivity index (χ0n) is 5.94. The minimum absolute atomic E-state index is 0.174. The summed E-state index contributed by atoms with van der Waals surface area (Å²) in [5, 5.41) is 0. The summed E-state index contributed by atoms with van der Waals surface area (Å²) in [7, 11) is 1.56. The van der Waals surface area contributed by atoms with Crippen molar-refractivity contribution in [2.45, 2.75) is 19.8 Å². The first-order chi connectivity index (χ1) is 4.16. The highest BCUT2D eigenvalue weighted by atomic mass is 16.5. The predicted molar refractivity (Wildman–Crippen MR) is 36.1 cm³/mol. The van der Waals surface area contributed by atoms with Gasteiger partial charge in [-0.2, -0.15) is 0 Å². The van der Waals surface area contributed by atoms with Crippen LogP contribution in [0.1, 0.15) is 19.8 Å². The van der Waals surface area contributed by atoms with Crippen LogP contribution in [0.15, 0.2) is 12.3 Å². The van der Waals surface area contributed by atoms with Crippen LogP contribution >= 0.6 is 0 Å². The number of Topliss-reactive ketones (excluding diaryl/α,β-unsaturated/α-hetero) is 1. The number of ether oxygens (including phenoxy) is 1. The second-order valence-corrected chi connectivity index (χ2v) is 1.94. The van der Waals surface area contributed by atoms with Gasteiger partial charge in [-0.15, -0.1) is 0 Å². The number of rotatable bonds is 4. The van der Waals surface area contributed by atoms with Crippen LogP contribution in [0.2, 0.25) is 0 Å². The highest BCUT2D eigenvalue weighted by Crippen LogP contribution is 2.01. The highest BCUT2D eigenvalue weighted by molar-refractivity contribution is 5.75. The second-order valence-electron chi connectivity index (χ2n) is 1.94. The van der Waals surface area contributed by atoms with Crippen molar-refractivity contribution >= 4 is 5.78 Å². The van der Waals surface area contributed by atoms with Gasteiger partial charge >= 0.3 is 0 Å². The van der Waals surface area contributed by atoms with Crippen LogP contribution < -0.4 is 0 Å². The van der Waals surface area contributed by atoms with Crippen molar-refractivity contribution in [2.75, 3.05) is 7.11 Å². The summed E-state index contributed by atoms with van der Waals surface area (Å²) >= 11 is 0. The number of hydrogen-bond acceptors (Lipinski definition) is 2. The number of allylic oxidation sites excluding steroid dienone is 1. The van der Waals surface area contributed by atoms with Gasteiger partial charge in [0.05, 0.1) is 12.9 Å². The van der Waals surface area contributed by atoms with Crippen molar-refractivity contribution < 1.29 is 9.53 Å². The maximum absolute atomic E-state index is 10.4. The van der Waals surface area contributed by atoms with Crippen LogP contribution in [0.25, 0.3) is 0 Å². The SMILES string of the molecule is C=C(CCC(C)=O)OC. The molecule has 0 aliphatic carbocycles. The van der Waals surface area contributed by atoms with Crippen molar-refractivity contribution in [2.24, 2.45) is 0 Å². The van der Waals surface area contributed by atoms with E-state index in [1.165, 1.54) is 0 Å². The maximum Gasteiger partial charge on any atom is 0.130 e. The topological polar surface area (TPSA) is 26.3 Å². The van der Waals surface area contributed by atoms with E-state index in [4.69, 9.17) is 4.74 Å². The first-order valence-corrected chi connectivity index (χ1v) is 2.88. The standard InChI is InChI=1S/C7H12O2/c1-6(8)4-5-7(2)9-3/h2,4-5H2,1,3H3. The summed E-state index contributed by atoms with van der Waals surface area (Å²) in [4.78, 5) is 10.4. The van der Waals surface area contributed by atoms with Crippen LogP contribution in [0.3, 0.4) is 0 Å². The van der Waals surface area contributed by atoms with E-state index in [2.05, 4.69) is 6.58 Å². The molecule has 9 heavy (non-hydrogen) atoms. The Balaban J connectivity index is 3.28. The van der Waals surface area contributed by atoms with E-state index >= 15 is 0 Å². The quantitative estimate of drug-likeness (QED) is 0.536. The molecule has 0 spiro atoms. The Labute approximate surface area is 55.5 Å². The third-order valence-electron chi connectivity index (χ3n) is 1.04. The van der Waals surface area contributed by atoms with E-state index in [0.29, 0.717) is 18.6 Å². The highest BCUT2D eigenvalue weighted by Gasteiger charge is 1.95. The van der Waals surface area contributed by atoms with Gasteiger partial charge in [-0.3, -0.25) is 0 Å². The van der Waals surface area contributed by atoms with E-state index in [0.717, 1.165) is 0 Å². The lowest BCUT2D eigenvalue weighted by Crippen LogP contribution is -1.92. The summed E-state index contributed by atoms with van der Waals surface area (Å²) in [5.74, 6) is 0.846. The normalized spacial score (nSPS) is 8.67. The number of carbonyl (C=O) groups is 1. The van der Waals surface area contributed by atoms with Gasteiger partial charge < -0.3 is 9.53 Å². The number of methoxy groups -OCH3 is 1. The molecular weight excluding hydrogens is 116 g/mol. The van der Waals surface area contributed by atoms with Crippen LogP contribution in [0.4, 0.5) is 0 Å². The molecule has 2 nitrogen and oxygen atoms in total. The summed E-state index contributed by atoms with van der Waals surface area (Å²) in [6, 6.07) is 0. The van der Waals surface area contributed by atoms with Gasteiger partial charge in [0, 0.05) is 12.8 Å². The third kappa shape index (κ3) is 5.07. The number of carbonyl (C=O) groups excluding carboxylic acids is 1. The van der Waals surface area contributed by atoms with Gasteiger partial charge in [0.15, 0.2) is 0 Å². The lowest BCUT2D eigenvalue weighted by molar-refractivity contribution is -0.117. The first kappa shape index (κ1) is 8.21. The molecule has 2 heteroatoms. The molecule has 0 aromatic rings. The molecule has 0 aliphatic rings. The molecular formula is C7H12O2. The largest absolute Gasteiger partial charge is 0.502 e. The van der Waals surface area contributed by atoms with E-state index in [-0.39, 0.29) is 5.78 Å². The molecule has 0 amide bonds. The van der Waals surface area contributed by atoms with Crippen molar-refractivity contribution in [1.82, 2.24) is 0 Å². The molecule has 0 N–H and O–H groups in total. The molecule has 0 saturated carbocycles. The molecule has 0 heterocycles. The zero-order chi connectivity index (χ0) is 7.28. The Hall–Kier alpha value is -0.790. The molecule has 0 aromatic carbocycles. The molecule has 0 aliphatic heterocycles. The lowest BCUT2D eigenvalue weighted by Gasteiger charge is -1.99. The number of hydrogen-bond donors (Lipinski definition) is 0. The monoisotopic (exact) mass is 128 g/mol. The number of ketones is 1. The van der Waals surface area contributed by atoms with Crippen molar-refractivity contribution in [3.63, 3.8) is 0 Å². The Morgan fingerprint density at radius 2 is 2.11 bits per heavy atom. The minimum Gasteiger partial charge on any atom is -0.502 e. The third-order valence-corrected chi connectivity index (χ3v) is 1.04. The van der Waals surface area contributed by atoms with E-state index in [9.17, 15) is 4.79 Å². The fraction of sp³-hybridized carbons (Fsp3) is 0.571. The predicted octanol–water partition coefficient (Wildman–Crippen LogP) is 1.52. The van der Waals surface area contributed by atoms with Crippen LogP contribution in [0, 0.1) is 0 Å². The second kappa shape index (κ2) is 4.13. The molecule has 0 fully saturated rings. The molecule has 52 valence electrons. The van der Waals surface area contributed by atoms with E-state index in [1.54, 1.807) is 14.0 Å². The fourth-order valence-electron chi connectivity index (χ4n) is 0.418. The Kier molecular flexibility index (Phi) is 3.76. The van der Waals surface area contributed by atoms with Gasteiger partial charge in [-0.1, -0.05) is 6.58 Å². The van der Waals surface area contributed by atoms with E-state index < -0.39 is 0 Å². The Bertz CT molecular complexity index is 116. The average Bonchev–Trinajstić information content (AvgIpc) is 1.83. The fourth-order valence-corrected chi connectivity index (χ4v) is 0.418. The lowest BCUT2D eigenvalue weighted by atomic mass is 10.2. The molecule has 0 radical (unpaired) electrons. The van der Waals surface area contributed by atoms with Crippen molar-refractivity contribution in [3.05, 3.63) is 12.3 Å². The van der Waals surface area contributed by atoms with Crippen LogP contribution in [-0.4, -0.2) is 12.9 Å². The van der Waals surface area contributed by atoms with Gasteiger partial charge in [0.1, 0.15) is 5.78 Å². The van der Waals surface area contributed by atoms with Crippen molar-refractivity contribution in [1.29, 1.82) is 0 Å².